The lowest BCUT2D eigenvalue weighted by Crippen LogP contribution is -2.22. The highest BCUT2D eigenvalue weighted by Gasteiger charge is 2.22. The van der Waals surface area contributed by atoms with Gasteiger partial charge in [0.2, 0.25) is 0 Å². The van der Waals surface area contributed by atoms with Gasteiger partial charge in [-0.2, -0.15) is 0 Å². The van der Waals surface area contributed by atoms with Gasteiger partial charge in [0.15, 0.2) is 0 Å². The Balaban J connectivity index is 1.61. The number of rotatable bonds is 4. The zero-order valence-electron chi connectivity index (χ0n) is 11.3. The fraction of sp³-hybridized carbons (Fsp3) is 0.294. The first-order valence-corrected chi connectivity index (χ1v) is 7.02. The fourth-order valence-corrected chi connectivity index (χ4v) is 2.89. The number of phenolic OH excluding ortho intramolecular Hbond substituents is 1. The molecule has 20 heavy (non-hydrogen) atoms. The Hall–Kier alpha value is -1.87. The molecule has 1 aliphatic carbocycles. The maximum atomic E-state index is 13.3. The molecule has 0 fully saturated rings. The molecule has 0 bridgehead atoms. The minimum atomic E-state index is -0.168. The summed E-state index contributed by atoms with van der Waals surface area (Å²) in [6.45, 7) is 0.776. The lowest BCUT2D eigenvalue weighted by atomic mass is 10.1. The van der Waals surface area contributed by atoms with E-state index >= 15 is 0 Å². The minimum absolute atomic E-state index is 0.168. The Bertz CT molecular complexity index is 612. The number of hydrogen-bond acceptors (Lipinski definition) is 2. The molecule has 0 spiro atoms. The Morgan fingerprint density at radius 2 is 2.05 bits per heavy atom. The highest BCUT2D eigenvalue weighted by Crippen LogP contribution is 2.31. The average Bonchev–Trinajstić information content (AvgIpc) is 2.83. The molecule has 1 aliphatic rings. The molecule has 3 rings (SSSR count). The second-order valence-electron chi connectivity index (χ2n) is 5.27. The van der Waals surface area contributed by atoms with Crippen molar-refractivity contribution in [2.24, 2.45) is 0 Å². The summed E-state index contributed by atoms with van der Waals surface area (Å²) in [5.41, 5.74) is 3.27. The first-order chi connectivity index (χ1) is 9.74. The predicted molar refractivity (Wildman–Crippen MR) is 77.3 cm³/mol. The maximum absolute atomic E-state index is 13.3. The van der Waals surface area contributed by atoms with Crippen molar-refractivity contribution in [2.75, 3.05) is 6.54 Å². The number of halogens is 1. The van der Waals surface area contributed by atoms with Crippen LogP contribution in [-0.2, 0) is 12.8 Å². The summed E-state index contributed by atoms with van der Waals surface area (Å²) >= 11 is 0. The van der Waals surface area contributed by atoms with E-state index in [9.17, 15) is 9.50 Å². The summed E-state index contributed by atoms with van der Waals surface area (Å²) in [7, 11) is 0. The third-order valence-electron chi connectivity index (χ3n) is 3.96. The number of fused-ring (bicyclic) bond motifs is 1. The molecule has 0 saturated heterocycles. The highest BCUT2D eigenvalue weighted by atomic mass is 19.1. The van der Waals surface area contributed by atoms with Crippen molar-refractivity contribution in [2.45, 2.75) is 25.3 Å². The standard InChI is InChI=1S/C17H18FNO/c18-14-7-5-12-6-8-16(15(12)11-14)19-10-9-13-3-1-2-4-17(13)20/h1-5,7,11,16,19-20H,6,8-10H2/t16-/m1/s1. The number of aromatic hydroxyl groups is 1. The van der Waals surface area contributed by atoms with E-state index in [1.807, 2.05) is 24.3 Å². The Morgan fingerprint density at radius 3 is 2.90 bits per heavy atom. The van der Waals surface area contributed by atoms with Crippen molar-refractivity contribution in [1.82, 2.24) is 5.32 Å². The van der Waals surface area contributed by atoms with E-state index in [0.717, 1.165) is 36.9 Å². The molecule has 3 heteroatoms. The topological polar surface area (TPSA) is 32.3 Å². The molecular formula is C17H18FNO. The van der Waals surface area contributed by atoms with Crippen molar-refractivity contribution in [1.29, 1.82) is 0 Å². The summed E-state index contributed by atoms with van der Waals surface area (Å²) in [6.07, 6.45) is 2.79. The van der Waals surface area contributed by atoms with Gasteiger partial charge >= 0.3 is 0 Å². The van der Waals surface area contributed by atoms with Gasteiger partial charge < -0.3 is 10.4 Å². The van der Waals surface area contributed by atoms with E-state index in [4.69, 9.17) is 0 Å². The van der Waals surface area contributed by atoms with Crippen molar-refractivity contribution >= 4 is 0 Å². The Kier molecular flexibility index (Phi) is 3.70. The molecule has 0 radical (unpaired) electrons. The van der Waals surface area contributed by atoms with E-state index < -0.39 is 0 Å². The molecule has 2 nitrogen and oxygen atoms in total. The van der Waals surface area contributed by atoms with Crippen LogP contribution in [0.5, 0.6) is 5.75 Å². The second-order valence-corrected chi connectivity index (χ2v) is 5.27. The highest BCUT2D eigenvalue weighted by molar-refractivity contribution is 5.35. The van der Waals surface area contributed by atoms with Gasteiger partial charge in [-0.3, -0.25) is 0 Å². The van der Waals surface area contributed by atoms with Crippen LogP contribution in [0.3, 0.4) is 0 Å². The zero-order chi connectivity index (χ0) is 13.9. The van der Waals surface area contributed by atoms with E-state index in [-0.39, 0.29) is 11.9 Å². The Labute approximate surface area is 118 Å². The second kappa shape index (κ2) is 5.63. The van der Waals surface area contributed by atoms with Crippen molar-refractivity contribution < 1.29 is 9.50 Å². The van der Waals surface area contributed by atoms with Crippen molar-refractivity contribution in [3.05, 3.63) is 65.0 Å². The molecule has 0 aliphatic heterocycles. The summed E-state index contributed by atoms with van der Waals surface area (Å²) in [6, 6.07) is 12.7. The van der Waals surface area contributed by atoms with Crippen LogP contribution < -0.4 is 5.32 Å². The summed E-state index contributed by atoms with van der Waals surface area (Å²) in [5.74, 6) is 0.172. The number of benzene rings is 2. The van der Waals surface area contributed by atoms with Gasteiger partial charge in [0, 0.05) is 6.04 Å². The molecule has 104 valence electrons. The number of nitrogens with one attached hydrogen (secondary N) is 1. The van der Waals surface area contributed by atoms with Gasteiger partial charge in [0.05, 0.1) is 0 Å². The third-order valence-corrected chi connectivity index (χ3v) is 3.96. The molecule has 0 amide bonds. The molecule has 2 aromatic carbocycles. The molecule has 0 heterocycles. The molecule has 0 aromatic heterocycles. The van der Waals surface area contributed by atoms with Gasteiger partial charge in [-0.05, 0) is 60.7 Å². The first-order valence-electron chi connectivity index (χ1n) is 7.02. The largest absolute Gasteiger partial charge is 0.508 e. The van der Waals surface area contributed by atoms with Crippen LogP contribution >= 0.6 is 0 Å². The van der Waals surface area contributed by atoms with Crippen molar-refractivity contribution in [3.63, 3.8) is 0 Å². The third kappa shape index (κ3) is 2.68. The van der Waals surface area contributed by atoms with Gasteiger partial charge in [-0.25, -0.2) is 4.39 Å². The molecule has 2 N–H and O–H groups in total. The van der Waals surface area contributed by atoms with Gasteiger partial charge in [-0.1, -0.05) is 24.3 Å². The molecule has 2 aromatic rings. The monoisotopic (exact) mass is 271 g/mol. The minimum Gasteiger partial charge on any atom is -0.508 e. The van der Waals surface area contributed by atoms with Crippen LogP contribution in [0.25, 0.3) is 0 Å². The number of aryl methyl sites for hydroxylation is 1. The SMILES string of the molecule is Oc1ccccc1CCN[C@@H]1CCc2ccc(F)cc21. The average molecular weight is 271 g/mol. The van der Waals surface area contributed by atoms with Crippen LogP contribution in [0.2, 0.25) is 0 Å². The van der Waals surface area contributed by atoms with Gasteiger partial charge in [-0.15, -0.1) is 0 Å². The van der Waals surface area contributed by atoms with Crippen LogP contribution in [0.4, 0.5) is 4.39 Å². The summed E-state index contributed by atoms with van der Waals surface area (Å²) in [4.78, 5) is 0. The van der Waals surface area contributed by atoms with Crippen LogP contribution in [-0.4, -0.2) is 11.7 Å². The van der Waals surface area contributed by atoms with Crippen molar-refractivity contribution in [3.8, 4) is 5.75 Å². The summed E-state index contributed by atoms with van der Waals surface area (Å²) in [5, 5.41) is 13.2. The van der Waals surface area contributed by atoms with E-state index in [0.29, 0.717) is 5.75 Å². The predicted octanol–water partition coefficient (Wildman–Crippen LogP) is 3.35. The summed E-state index contributed by atoms with van der Waals surface area (Å²) < 4.78 is 13.3. The number of hydrogen-bond donors (Lipinski definition) is 2. The molecule has 0 unspecified atom stereocenters. The van der Waals surface area contributed by atoms with Gasteiger partial charge in [0.25, 0.3) is 0 Å². The molecular weight excluding hydrogens is 253 g/mol. The Morgan fingerprint density at radius 1 is 1.20 bits per heavy atom. The van der Waals surface area contributed by atoms with Crippen LogP contribution in [0, 0.1) is 5.82 Å². The van der Waals surface area contributed by atoms with E-state index in [1.54, 1.807) is 12.1 Å². The zero-order valence-corrected chi connectivity index (χ0v) is 11.3. The first kappa shape index (κ1) is 13.1. The lowest BCUT2D eigenvalue weighted by Gasteiger charge is -2.14. The van der Waals surface area contributed by atoms with E-state index in [1.165, 1.54) is 11.6 Å². The fourth-order valence-electron chi connectivity index (χ4n) is 2.89. The van der Waals surface area contributed by atoms with E-state index in [2.05, 4.69) is 5.32 Å². The quantitative estimate of drug-likeness (QED) is 0.893. The van der Waals surface area contributed by atoms with Crippen LogP contribution in [0.15, 0.2) is 42.5 Å². The molecule has 1 atom stereocenters. The van der Waals surface area contributed by atoms with Crippen LogP contribution in [0.1, 0.15) is 29.2 Å². The maximum Gasteiger partial charge on any atom is 0.123 e. The number of para-hydroxylation sites is 1. The normalized spacial score (nSPS) is 17.1. The number of phenols is 1. The lowest BCUT2D eigenvalue weighted by molar-refractivity contribution is 0.463. The molecule has 0 saturated carbocycles. The smallest absolute Gasteiger partial charge is 0.123 e. The van der Waals surface area contributed by atoms with Gasteiger partial charge in [0.1, 0.15) is 11.6 Å².